The van der Waals surface area contributed by atoms with Gasteiger partial charge in [-0.2, -0.15) is 0 Å². The lowest BCUT2D eigenvalue weighted by Gasteiger charge is -2.45. The molecule has 3 rings (SSSR count). The van der Waals surface area contributed by atoms with Crippen molar-refractivity contribution >= 4 is 0 Å². The van der Waals surface area contributed by atoms with Crippen molar-refractivity contribution in [2.75, 3.05) is 26.4 Å². The summed E-state index contributed by atoms with van der Waals surface area (Å²) in [5.74, 6) is -2.37. The maximum Gasteiger partial charge on any atom is 0.219 e. The molecule has 0 saturated carbocycles. The lowest BCUT2D eigenvalue weighted by atomic mass is 9.95. The summed E-state index contributed by atoms with van der Waals surface area (Å²) in [5, 5.41) is 29.3. The van der Waals surface area contributed by atoms with E-state index in [4.69, 9.17) is 18.9 Å². The van der Waals surface area contributed by atoms with Gasteiger partial charge in [0.2, 0.25) is 5.79 Å². The first-order valence-electron chi connectivity index (χ1n) is 8.99. The fourth-order valence-corrected chi connectivity index (χ4v) is 3.46. The average Bonchev–Trinajstić information content (AvgIpc) is 2.99. The fraction of sp³-hybridized carbons (Fsp3) is 0.684. The van der Waals surface area contributed by atoms with Crippen molar-refractivity contribution in [2.24, 2.45) is 0 Å². The van der Waals surface area contributed by atoms with E-state index in [0.717, 1.165) is 5.56 Å². The van der Waals surface area contributed by atoms with Gasteiger partial charge in [-0.25, -0.2) is 0 Å². The highest BCUT2D eigenvalue weighted by Crippen LogP contribution is 2.38. The minimum Gasteiger partial charge on any atom is -0.394 e. The molecule has 0 radical (unpaired) electrons. The van der Waals surface area contributed by atoms with Gasteiger partial charge in [0.05, 0.1) is 25.4 Å². The van der Waals surface area contributed by atoms with Gasteiger partial charge in [-0.3, -0.25) is 0 Å². The van der Waals surface area contributed by atoms with Crippen molar-refractivity contribution in [2.45, 2.75) is 56.1 Å². The van der Waals surface area contributed by atoms with Crippen molar-refractivity contribution in [3.8, 4) is 0 Å². The van der Waals surface area contributed by atoms with Crippen LogP contribution in [0.15, 0.2) is 30.3 Å². The first-order chi connectivity index (χ1) is 12.4. The zero-order valence-corrected chi connectivity index (χ0v) is 15.2. The Bertz CT molecular complexity index is 571. The standard InChI is InChI=1S/C19H28O7/c1-13(14-6-4-3-5-7-14)16(10-21)26-18(2)11-24-19(12-23-18)17(22)8-15(9-20)25-19/h3-7,13,15-17,20-22H,8-12H2,1-2H3/t13?,15-,16+,17?,18?,19+/m0/s1. The van der Waals surface area contributed by atoms with E-state index < -0.39 is 29.9 Å². The lowest BCUT2D eigenvalue weighted by molar-refractivity contribution is -0.396. The smallest absolute Gasteiger partial charge is 0.219 e. The van der Waals surface area contributed by atoms with E-state index in [1.165, 1.54) is 0 Å². The van der Waals surface area contributed by atoms with E-state index in [2.05, 4.69) is 0 Å². The summed E-state index contributed by atoms with van der Waals surface area (Å²) in [5.41, 5.74) is 1.06. The van der Waals surface area contributed by atoms with Gasteiger partial charge < -0.3 is 34.3 Å². The second-order valence-electron chi connectivity index (χ2n) is 7.24. The molecule has 2 heterocycles. The predicted molar refractivity (Wildman–Crippen MR) is 92.4 cm³/mol. The first-order valence-corrected chi connectivity index (χ1v) is 8.99. The van der Waals surface area contributed by atoms with Crippen LogP contribution in [0.4, 0.5) is 0 Å². The molecule has 7 nitrogen and oxygen atoms in total. The number of aliphatic hydroxyl groups excluding tert-OH is 3. The molecule has 3 unspecified atom stereocenters. The van der Waals surface area contributed by atoms with Crippen molar-refractivity contribution < 1.29 is 34.3 Å². The van der Waals surface area contributed by atoms with Crippen LogP contribution in [-0.4, -0.2) is 71.6 Å². The largest absolute Gasteiger partial charge is 0.394 e. The molecule has 2 aliphatic rings. The Morgan fingerprint density at radius 1 is 1.19 bits per heavy atom. The molecule has 26 heavy (non-hydrogen) atoms. The van der Waals surface area contributed by atoms with Crippen molar-refractivity contribution in [3.05, 3.63) is 35.9 Å². The average molecular weight is 368 g/mol. The van der Waals surface area contributed by atoms with Gasteiger partial charge in [0, 0.05) is 12.3 Å². The summed E-state index contributed by atoms with van der Waals surface area (Å²) in [6.45, 7) is 3.41. The van der Waals surface area contributed by atoms with Gasteiger partial charge in [-0.05, 0) is 12.5 Å². The van der Waals surface area contributed by atoms with Crippen LogP contribution < -0.4 is 0 Å². The number of hydrogen-bond acceptors (Lipinski definition) is 7. The molecule has 1 aromatic rings. The highest BCUT2D eigenvalue weighted by Gasteiger charge is 2.54. The highest BCUT2D eigenvalue weighted by atomic mass is 16.8. The van der Waals surface area contributed by atoms with Crippen molar-refractivity contribution in [3.63, 3.8) is 0 Å². The molecule has 0 aromatic heterocycles. The predicted octanol–water partition coefficient (Wildman–Crippen LogP) is 0.769. The highest BCUT2D eigenvalue weighted by molar-refractivity contribution is 5.20. The Kier molecular flexibility index (Phi) is 5.98. The van der Waals surface area contributed by atoms with E-state index in [-0.39, 0.29) is 32.3 Å². The van der Waals surface area contributed by atoms with Gasteiger partial charge in [-0.1, -0.05) is 37.3 Å². The fourth-order valence-electron chi connectivity index (χ4n) is 3.46. The maximum absolute atomic E-state index is 10.2. The Morgan fingerprint density at radius 2 is 1.92 bits per heavy atom. The van der Waals surface area contributed by atoms with Crippen LogP contribution in [0.5, 0.6) is 0 Å². The third-order valence-corrected chi connectivity index (χ3v) is 5.18. The van der Waals surface area contributed by atoms with E-state index >= 15 is 0 Å². The molecule has 146 valence electrons. The van der Waals surface area contributed by atoms with Crippen LogP contribution in [0, 0.1) is 0 Å². The molecule has 3 N–H and O–H groups in total. The van der Waals surface area contributed by atoms with Crippen LogP contribution in [-0.2, 0) is 18.9 Å². The number of hydrogen-bond donors (Lipinski definition) is 3. The van der Waals surface area contributed by atoms with Crippen LogP contribution in [0.2, 0.25) is 0 Å². The third kappa shape index (κ3) is 3.94. The second-order valence-corrected chi connectivity index (χ2v) is 7.24. The van der Waals surface area contributed by atoms with Crippen LogP contribution in [0.3, 0.4) is 0 Å². The van der Waals surface area contributed by atoms with Crippen LogP contribution >= 0.6 is 0 Å². The summed E-state index contributed by atoms with van der Waals surface area (Å²) >= 11 is 0. The van der Waals surface area contributed by atoms with Gasteiger partial charge in [0.15, 0.2) is 5.79 Å². The molecule has 0 aliphatic carbocycles. The Morgan fingerprint density at radius 3 is 2.46 bits per heavy atom. The van der Waals surface area contributed by atoms with Gasteiger partial charge in [0.1, 0.15) is 19.3 Å². The molecule has 2 aliphatic heterocycles. The molecule has 1 aromatic carbocycles. The SMILES string of the molecule is CC(c1ccccc1)[C@@H](CO)OC1(C)CO[C@]2(CO1)O[C@H](CO)CC2O. The van der Waals surface area contributed by atoms with E-state index in [1.807, 2.05) is 37.3 Å². The quantitative estimate of drug-likeness (QED) is 0.682. The van der Waals surface area contributed by atoms with Crippen LogP contribution in [0.1, 0.15) is 31.7 Å². The molecular formula is C19H28O7. The minimum absolute atomic E-state index is 0.0148. The summed E-state index contributed by atoms with van der Waals surface area (Å²) in [6, 6.07) is 9.81. The first kappa shape index (κ1) is 19.7. The minimum atomic E-state index is -1.27. The second kappa shape index (κ2) is 7.90. The third-order valence-electron chi connectivity index (χ3n) is 5.18. The Hall–Kier alpha value is -1.06. The number of aliphatic hydroxyl groups is 3. The summed E-state index contributed by atoms with van der Waals surface area (Å²) in [4.78, 5) is 0. The molecule has 7 heteroatoms. The Balaban J connectivity index is 1.63. The van der Waals surface area contributed by atoms with Gasteiger partial charge >= 0.3 is 0 Å². The van der Waals surface area contributed by atoms with Gasteiger partial charge in [-0.15, -0.1) is 0 Å². The number of rotatable bonds is 6. The maximum atomic E-state index is 10.2. The molecule has 1 spiro atoms. The zero-order chi connectivity index (χ0) is 18.8. The molecular weight excluding hydrogens is 340 g/mol. The summed E-state index contributed by atoms with van der Waals surface area (Å²) in [6.07, 6.45) is -1.52. The van der Waals surface area contributed by atoms with E-state index in [9.17, 15) is 15.3 Å². The molecule has 2 saturated heterocycles. The monoisotopic (exact) mass is 368 g/mol. The summed E-state index contributed by atoms with van der Waals surface area (Å²) < 4.78 is 23.4. The number of benzene rings is 1. The van der Waals surface area contributed by atoms with E-state index in [1.54, 1.807) is 6.92 Å². The molecule has 2 fully saturated rings. The topological polar surface area (TPSA) is 97.6 Å². The van der Waals surface area contributed by atoms with Gasteiger partial charge in [0.25, 0.3) is 0 Å². The Labute approximate surface area is 153 Å². The molecule has 6 atom stereocenters. The van der Waals surface area contributed by atoms with Crippen molar-refractivity contribution in [1.82, 2.24) is 0 Å². The normalized spacial score (nSPS) is 37.0. The zero-order valence-electron chi connectivity index (χ0n) is 15.2. The number of ether oxygens (including phenoxy) is 4. The molecule has 0 bridgehead atoms. The van der Waals surface area contributed by atoms with E-state index in [0.29, 0.717) is 6.42 Å². The summed E-state index contributed by atoms with van der Waals surface area (Å²) in [7, 11) is 0. The van der Waals surface area contributed by atoms with Crippen LogP contribution in [0.25, 0.3) is 0 Å². The van der Waals surface area contributed by atoms with Crippen molar-refractivity contribution in [1.29, 1.82) is 0 Å². The molecule has 0 amide bonds. The lowest BCUT2D eigenvalue weighted by Crippen LogP contribution is -2.58.